The SMILES string of the molecule is Oc1ccc2ccccc2c1C=Nc1cccc(Cl)c1. The molecule has 0 spiro atoms. The minimum atomic E-state index is 0.217. The lowest BCUT2D eigenvalue weighted by molar-refractivity contribution is 0.475. The van der Waals surface area contributed by atoms with Crippen molar-refractivity contribution in [3.63, 3.8) is 0 Å². The summed E-state index contributed by atoms with van der Waals surface area (Å²) in [6, 6.07) is 18.7. The standard InChI is InChI=1S/C17H12ClNO/c18-13-5-3-6-14(10-13)19-11-16-15-7-2-1-4-12(15)8-9-17(16)20/h1-11,20H. The predicted octanol–water partition coefficient (Wildman–Crippen LogP) is 4.95. The summed E-state index contributed by atoms with van der Waals surface area (Å²) in [6.07, 6.45) is 1.67. The molecule has 2 nitrogen and oxygen atoms in total. The van der Waals surface area contributed by atoms with Crippen LogP contribution in [-0.4, -0.2) is 11.3 Å². The van der Waals surface area contributed by atoms with Crippen molar-refractivity contribution in [2.75, 3.05) is 0 Å². The Morgan fingerprint density at radius 1 is 0.950 bits per heavy atom. The van der Waals surface area contributed by atoms with E-state index in [1.807, 2.05) is 42.5 Å². The molecule has 0 bridgehead atoms. The van der Waals surface area contributed by atoms with Crippen LogP contribution in [0.2, 0.25) is 5.02 Å². The van der Waals surface area contributed by atoms with Gasteiger partial charge in [-0.05, 0) is 35.0 Å². The van der Waals surface area contributed by atoms with Crippen molar-refractivity contribution in [1.29, 1.82) is 0 Å². The number of phenolic OH excluding ortho intramolecular Hbond substituents is 1. The van der Waals surface area contributed by atoms with Crippen LogP contribution in [0.25, 0.3) is 10.8 Å². The zero-order valence-electron chi connectivity index (χ0n) is 10.6. The molecular formula is C17H12ClNO. The highest BCUT2D eigenvalue weighted by Gasteiger charge is 2.04. The van der Waals surface area contributed by atoms with Crippen LogP contribution >= 0.6 is 11.6 Å². The highest BCUT2D eigenvalue weighted by Crippen LogP contribution is 2.26. The maximum Gasteiger partial charge on any atom is 0.124 e. The molecule has 0 saturated carbocycles. The van der Waals surface area contributed by atoms with Gasteiger partial charge in [0.1, 0.15) is 5.75 Å². The number of hydrogen-bond acceptors (Lipinski definition) is 2. The van der Waals surface area contributed by atoms with Crippen molar-refractivity contribution in [1.82, 2.24) is 0 Å². The summed E-state index contributed by atoms with van der Waals surface area (Å²) in [5.41, 5.74) is 1.47. The second-order valence-electron chi connectivity index (χ2n) is 4.46. The van der Waals surface area contributed by atoms with Crippen LogP contribution in [0.5, 0.6) is 5.75 Å². The molecule has 0 atom stereocenters. The summed E-state index contributed by atoms with van der Waals surface area (Å²) in [7, 11) is 0. The van der Waals surface area contributed by atoms with E-state index in [1.165, 1.54) is 0 Å². The lowest BCUT2D eigenvalue weighted by Gasteiger charge is -2.04. The molecule has 0 heterocycles. The van der Waals surface area contributed by atoms with Crippen LogP contribution in [-0.2, 0) is 0 Å². The quantitative estimate of drug-likeness (QED) is 0.662. The van der Waals surface area contributed by atoms with Crippen LogP contribution < -0.4 is 0 Å². The van der Waals surface area contributed by atoms with E-state index in [-0.39, 0.29) is 5.75 Å². The number of hydrogen-bond donors (Lipinski definition) is 1. The first-order valence-electron chi connectivity index (χ1n) is 6.24. The first-order valence-corrected chi connectivity index (χ1v) is 6.62. The first kappa shape index (κ1) is 12.7. The number of nitrogens with zero attached hydrogens (tertiary/aromatic N) is 1. The first-order chi connectivity index (χ1) is 9.74. The normalized spacial score (nSPS) is 11.2. The molecule has 1 N–H and O–H groups in total. The second kappa shape index (κ2) is 5.35. The Morgan fingerprint density at radius 2 is 1.80 bits per heavy atom. The van der Waals surface area contributed by atoms with Crippen molar-refractivity contribution >= 4 is 34.3 Å². The maximum absolute atomic E-state index is 10.0. The summed E-state index contributed by atoms with van der Waals surface area (Å²) in [4.78, 5) is 4.38. The van der Waals surface area contributed by atoms with Crippen molar-refractivity contribution in [3.05, 3.63) is 71.2 Å². The molecule has 0 radical (unpaired) electrons. The van der Waals surface area contributed by atoms with E-state index in [1.54, 1.807) is 24.4 Å². The predicted molar refractivity (Wildman–Crippen MR) is 84.3 cm³/mol. The van der Waals surface area contributed by atoms with Crippen molar-refractivity contribution < 1.29 is 5.11 Å². The number of phenols is 1. The largest absolute Gasteiger partial charge is 0.507 e. The van der Waals surface area contributed by atoms with Gasteiger partial charge >= 0.3 is 0 Å². The van der Waals surface area contributed by atoms with Crippen LogP contribution in [0.4, 0.5) is 5.69 Å². The number of aromatic hydroxyl groups is 1. The number of rotatable bonds is 2. The van der Waals surface area contributed by atoms with Gasteiger partial charge in [0.05, 0.1) is 5.69 Å². The van der Waals surface area contributed by atoms with Gasteiger partial charge in [-0.1, -0.05) is 48.0 Å². The third-order valence-electron chi connectivity index (χ3n) is 3.10. The third kappa shape index (κ3) is 2.51. The van der Waals surface area contributed by atoms with E-state index in [4.69, 9.17) is 11.6 Å². The molecule has 0 aliphatic rings. The molecule has 0 aliphatic carbocycles. The number of aliphatic imine (C=N–C) groups is 1. The Labute approximate surface area is 122 Å². The van der Waals surface area contributed by atoms with Gasteiger partial charge in [0, 0.05) is 16.8 Å². The van der Waals surface area contributed by atoms with E-state index < -0.39 is 0 Å². The number of halogens is 1. The summed E-state index contributed by atoms with van der Waals surface area (Å²) < 4.78 is 0. The van der Waals surface area contributed by atoms with E-state index in [0.29, 0.717) is 10.6 Å². The molecule has 0 amide bonds. The van der Waals surface area contributed by atoms with Gasteiger partial charge in [0.2, 0.25) is 0 Å². The summed E-state index contributed by atoms with van der Waals surface area (Å²) in [5, 5.41) is 12.7. The van der Waals surface area contributed by atoms with Crippen LogP contribution in [0.1, 0.15) is 5.56 Å². The zero-order chi connectivity index (χ0) is 13.9. The Kier molecular flexibility index (Phi) is 3.40. The number of fused-ring (bicyclic) bond motifs is 1. The molecular weight excluding hydrogens is 270 g/mol. The third-order valence-corrected chi connectivity index (χ3v) is 3.33. The average molecular weight is 282 g/mol. The molecule has 98 valence electrons. The lowest BCUT2D eigenvalue weighted by atomic mass is 10.0. The molecule has 0 aliphatic heterocycles. The fourth-order valence-electron chi connectivity index (χ4n) is 2.12. The summed E-state index contributed by atoms with van der Waals surface area (Å²) in [5.74, 6) is 0.217. The van der Waals surface area contributed by atoms with Crippen molar-refractivity contribution in [2.45, 2.75) is 0 Å². The zero-order valence-corrected chi connectivity index (χ0v) is 11.4. The van der Waals surface area contributed by atoms with Crippen molar-refractivity contribution in [3.8, 4) is 5.75 Å². The molecule has 3 heteroatoms. The Hall–Kier alpha value is -2.32. The van der Waals surface area contributed by atoms with Crippen molar-refractivity contribution in [2.24, 2.45) is 4.99 Å². The van der Waals surface area contributed by atoms with Gasteiger partial charge in [-0.25, -0.2) is 0 Å². The Morgan fingerprint density at radius 3 is 2.65 bits per heavy atom. The van der Waals surface area contributed by atoms with E-state index in [0.717, 1.165) is 16.5 Å². The average Bonchev–Trinajstić information content (AvgIpc) is 2.46. The molecule has 20 heavy (non-hydrogen) atoms. The van der Waals surface area contributed by atoms with Gasteiger partial charge in [0.25, 0.3) is 0 Å². The van der Waals surface area contributed by atoms with E-state index in [9.17, 15) is 5.11 Å². The summed E-state index contributed by atoms with van der Waals surface area (Å²) >= 11 is 5.93. The van der Waals surface area contributed by atoms with Crippen LogP contribution in [0, 0.1) is 0 Å². The Bertz CT molecular complexity index is 796. The van der Waals surface area contributed by atoms with Gasteiger partial charge in [-0.15, -0.1) is 0 Å². The molecule has 0 unspecified atom stereocenters. The topological polar surface area (TPSA) is 32.6 Å². The molecule has 0 aromatic heterocycles. The van der Waals surface area contributed by atoms with Gasteiger partial charge < -0.3 is 5.11 Å². The maximum atomic E-state index is 10.0. The van der Waals surface area contributed by atoms with Gasteiger partial charge in [-0.2, -0.15) is 0 Å². The fraction of sp³-hybridized carbons (Fsp3) is 0. The Balaban J connectivity index is 2.08. The number of benzene rings is 3. The lowest BCUT2D eigenvalue weighted by Crippen LogP contribution is -1.85. The molecule has 0 saturated heterocycles. The highest BCUT2D eigenvalue weighted by atomic mass is 35.5. The van der Waals surface area contributed by atoms with E-state index >= 15 is 0 Å². The smallest absolute Gasteiger partial charge is 0.124 e. The highest BCUT2D eigenvalue weighted by molar-refractivity contribution is 6.30. The van der Waals surface area contributed by atoms with Crippen LogP contribution in [0.3, 0.4) is 0 Å². The van der Waals surface area contributed by atoms with Crippen LogP contribution in [0.15, 0.2) is 65.7 Å². The molecule has 3 aromatic rings. The van der Waals surface area contributed by atoms with E-state index in [2.05, 4.69) is 4.99 Å². The monoisotopic (exact) mass is 281 g/mol. The molecule has 3 aromatic carbocycles. The van der Waals surface area contributed by atoms with Gasteiger partial charge in [-0.3, -0.25) is 4.99 Å². The minimum absolute atomic E-state index is 0.217. The fourth-order valence-corrected chi connectivity index (χ4v) is 2.30. The van der Waals surface area contributed by atoms with Gasteiger partial charge in [0.15, 0.2) is 0 Å². The second-order valence-corrected chi connectivity index (χ2v) is 4.89. The molecule has 0 fully saturated rings. The molecule has 3 rings (SSSR count). The summed E-state index contributed by atoms with van der Waals surface area (Å²) in [6.45, 7) is 0. The minimum Gasteiger partial charge on any atom is -0.507 e.